The number of aliphatic hydroxyl groups excluding tert-OH is 1. The summed E-state index contributed by atoms with van der Waals surface area (Å²) in [5.74, 6) is 0. The third-order valence-electron chi connectivity index (χ3n) is 4.34. The summed E-state index contributed by atoms with van der Waals surface area (Å²) in [5.41, 5.74) is 5.40. The van der Waals surface area contributed by atoms with Gasteiger partial charge in [0, 0.05) is 12.1 Å². The van der Waals surface area contributed by atoms with Crippen LogP contribution in [0.3, 0.4) is 0 Å². The Bertz CT molecular complexity index is 396. The number of nitrogens with one attached hydrogen (secondary N) is 1. The average molecular weight is 247 g/mol. The molecule has 0 radical (unpaired) electrons. The number of rotatable bonds is 4. The monoisotopic (exact) mass is 247 g/mol. The molecule has 0 saturated heterocycles. The molecule has 2 N–H and O–H groups in total. The van der Waals surface area contributed by atoms with Gasteiger partial charge in [0.25, 0.3) is 0 Å². The maximum absolute atomic E-state index is 9.61. The van der Waals surface area contributed by atoms with Crippen LogP contribution in [0.25, 0.3) is 0 Å². The Kier molecular flexibility index (Phi) is 4.08. The second-order valence-electron chi connectivity index (χ2n) is 5.88. The predicted octanol–water partition coefficient (Wildman–Crippen LogP) is 3.01. The molecular weight excluding hydrogens is 222 g/mol. The SMILES string of the molecule is Cc1cc(C)c(CNC2(CO)CCCC2)c(C)c1. The summed E-state index contributed by atoms with van der Waals surface area (Å²) in [5, 5.41) is 13.2. The van der Waals surface area contributed by atoms with Crippen molar-refractivity contribution in [3.05, 3.63) is 34.4 Å². The van der Waals surface area contributed by atoms with Crippen LogP contribution in [0.15, 0.2) is 12.1 Å². The molecule has 0 amide bonds. The second-order valence-corrected chi connectivity index (χ2v) is 5.88. The highest BCUT2D eigenvalue weighted by atomic mass is 16.3. The molecule has 1 aromatic carbocycles. The molecule has 1 aliphatic carbocycles. The molecule has 2 heteroatoms. The Balaban J connectivity index is 2.10. The lowest BCUT2D eigenvalue weighted by molar-refractivity contribution is 0.163. The van der Waals surface area contributed by atoms with Crippen LogP contribution in [-0.2, 0) is 6.54 Å². The van der Waals surface area contributed by atoms with E-state index in [0.29, 0.717) is 0 Å². The highest BCUT2D eigenvalue weighted by Gasteiger charge is 2.32. The fourth-order valence-electron chi connectivity index (χ4n) is 3.21. The first-order chi connectivity index (χ1) is 8.56. The maximum atomic E-state index is 9.61. The molecule has 1 fully saturated rings. The van der Waals surface area contributed by atoms with E-state index in [9.17, 15) is 5.11 Å². The molecule has 0 aliphatic heterocycles. The third kappa shape index (κ3) is 2.76. The van der Waals surface area contributed by atoms with Gasteiger partial charge >= 0.3 is 0 Å². The molecule has 0 heterocycles. The van der Waals surface area contributed by atoms with Crippen LogP contribution in [0.4, 0.5) is 0 Å². The van der Waals surface area contributed by atoms with Crippen LogP contribution in [-0.4, -0.2) is 17.3 Å². The first kappa shape index (κ1) is 13.6. The van der Waals surface area contributed by atoms with Gasteiger partial charge in [0.15, 0.2) is 0 Å². The minimum Gasteiger partial charge on any atom is -0.394 e. The Hall–Kier alpha value is -0.860. The first-order valence-corrected chi connectivity index (χ1v) is 6.99. The van der Waals surface area contributed by atoms with Gasteiger partial charge in [0.1, 0.15) is 0 Å². The summed E-state index contributed by atoms with van der Waals surface area (Å²) < 4.78 is 0. The van der Waals surface area contributed by atoms with Crippen LogP contribution >= 0.6 is 0 Å². The number of aliphatic hydroxyl groups is 1. The minimum absolute atomic E-state index is 0.0240. The van der Waals surface area contributed by atoms with Crippen molar-refractivity contribution >= 4 is 0 Å². The molecule has 2 rings (SSSR count). The quantitative estimate of drug-likeness (QED) is 0.857. The van der Waals surface area contributed by atoms with Crippen molar-refractivity contribution in [2.45, 2.75) is 58.5 Å². The topological polar surface area (TPSA) is 32.3 Å². The summed E-state index contributed by atoms with van der Waals surface area (Å²) in [6, 6.07) is 4.48. The molecule has 0 aromatic heterocycles. The van der Waals surface area contributed by atoms with Crippen LogP contribution in [0.2, 0.25) is 0 Å². The smallest absolute Gasteiger partial charge is 0.0613 e. The molecule has 0 bridgehead atoms. The molecule has 0 unspecified atom stereocenters. The maximum Gasteiger partial charge on any atom is 0.0613 e. The van der Waals surface area contributed by atoms with Crippen molar-refractivity contribution in [1.29, 1.82) is 0 Å². The molecule has 0 atom stereocenters. The molecule has 100 valence electrons. The Morgan fingerprint density at radius 3 is 2.17 bits per heavy atom. The van der Waals surface area contributed by atoms with E-state index in [1.807, 2.05) is 0 Å². The molecule has 18 heavy (non-hydrogen) atoms. The highest BCUT2D eigenvalue weighted by Crippen LogP contribution is 2.30. The van der Waals surface area contributed by atoms with Crippen molar-refractivity contribution in [3.8, 4) is 0 Å². The van der Waals surface area contributed by atoms with Crippen molar-refractivity contribution in [2.75, 3.05) is 6.61 Å². The molecular formula is C16H25NO. The molecule has 1 aliphatic rings. The van der Waals surface area contributed by atoms with Gasteiger partial charge in [-0.05, 0) is 50.3 Å². The molecule has 1 aromatic rings. The van der Waals surface area contributed by atoms with Gasteiger partial charge in [-0.3, -0.25) is 0 Å². The van der Waals surface area contributed by atoms with Gasteiger partial charge in [-0.1, -0.05) is 30.5 Å². The Labute approximate surface area is 110 Å². The fourth-order valence-corrected chi connectivity index (χ4v) is 3.21. The van der Waals surface area contributed by atoms with Crippen molar-refractivity contribution in [2.24, 2.45) is 0 Å². The van der Waals surface area contributed by atoms with Gasteiger partial charge < -0.3 is 10.4 Å². The van der Waals surface area contributed by atoms with E-state index >= 15 is 0 Å². The van der Waals surface area contributed by atoms with Crippen molar-refractivity contribution < 1.29 is 5.11 Å². The lowest BCUT2D eigenvalue weighted by Gasteiger charge is -2.29. The third-order valence-corrected chi connectivity index (χ3v) is 4.34. The van der Waals surface area contributed by atoms with E-state index in [0.717, 1.165) is 19.4 Å². The highest BCUT2D eigenvalue weighted by molar-refractivity contribution is 5.37. The Morgan fingerprint density at radius 2 is 1.67 bits per heavy atom. The van der Waals surface area contributed by atoms with E-state index in [2.05, 4.69) is 38.2 Å². The minimum atomic E-state index is -0.0240. The molecule has 0 spiro atoms. The lowest BCUT2D eigenvalue weighted by Crippen LogP contribution is -2.45. The van der Waals surface area contributed by atoms with Gasteiger partial charge in [-0.15, -0.1) is 0 Å². The van der Waals surface area contributed by atoms with Gasteiger partial charge in [-0.25, -0.2) is 0 Å². The number of hydrogen-bond donors (Lipinski definition) is 2. The van der Waals surface area contributed by atoms with Crippen LogP contribution < -0.4 is 5.32 Å². The van der Waals surface area contributed by atoms with Crippen molar-refractivity contribution in [3.63, 3.8) is 0 Å². The van der Waals surface area contributed by atoms with Gasteiger partial charge in [0.2, 0.25) is 0 Å². The predicted molar refractivity (Wildman–Crippen MR) is 75.8 cm³/mol. The van der Waals surface area contributed by atoms with E-state index in [1.54, 1.807) is 0 Å². The standard InChI is InChI=1S/C16H25NO/c1-12-8-13(2)15(14(3)9-12)10-17-16(11-18)6-4-5-7-16/h8-9,17-18H,4-7,10-11H2,1-3H3. The van der Waals surface area contributed by atoms with E-state index in [4.69, 9.17) is 0 Å². The van der Waals surface area contributed by atoms with E-state index < -0.39 is 0 Å². The number of aryl methyl sites for hydroxylation is 3. The second kappa shape index (κ2) is 5.41. The van der Waals surface area contributed by atoms with Gasteiger partial charge in [0.05, 0.1) is 6.61 Å². The number of hydrogen-bond acceptors (Lipinski definition) is 2. The van der Waals surface area contributed by atoms with E-state index in [-0.39, 0.29) is 12.1 Å². The fraction of sp³-hybridized carbons (Fsp3) is 0.625. The zero-order valence-corrected chi connectivity index (χ0v) is 11.8. The Morgan fingerprint density at radius 1 is 1.11 bits per heavy atom. The summed E-state index contributed by atoms with van der Waals surface area (Å²) in [6.45, 7) is 7.63. The average Bonchev–Trinajstić information content (AvgIpc) is 2.77. The summed E-state index contributed by atoms with van der Waals surface area (Å²) in [4.78, 5) is 0. The van der Waals surface area contributed by atoms with Crippen LogP contribution in [0.1, 0.15) is 47.9 Å². The largest absolute Gasteiger partial charge is 0.394 e. The lowest BCUT2D eigenvalue weighted by atomic mass is 9.95. The zero-order chi connectivity index (χ0) is 13.2. The van der Waals surface area contributed by atoms with Crippen molar-refractivity contribution in [1.82, 2.24) is 5.32 Å². The zero-order valence-electron chi connectivity index (χ0n) is 11.8. The van der Waals surface area contributed by atoms with Crippen LogP contribution in [0.5, 0.6) is 0 Å². The first-order valence-electron chi connectivity index (χ1n) is 6.99. The normalized spacial score (nSPS) is 18.2. The summed E-state index contributed by atoms with van der Waals surface area (Å²) in [6.07, 6.45) is 4.68. The van der Waals surface area contributed by atoms with Crippen LogP contribution in [0, 0.1) is 20.8 Å². The molecule has 1 saturated carbocycles. The van der Waals surface area contributed by atoms with Gasteiger partial charge in [-0.2, -0.15) is 0 Å². The molecule has 2 nitrogen and oxygen atoms in total. The summed E-state index contributed by atoms with van der Waals surface area (Å²) >= 11 is 0. The summed E-state index contributed by atoms with van der Waals surface area (Å²) in [7, 11) is 0. The van der Waals surface area contributed by atoms with E-state index in [1.165, 1.54) is 35.1 Å². The number of benzene rings is 1.